The van der Waals surface area contributed by atoms with Gasteiger partial charge in [-0.1, -0.05) is 13.8 Å². The topological polar surface area (TPSA) is 103 Å². The summed E-state index contributed by atoms with van der Waals surface area (Å²) < 4.78 is 10.7. The first-order valence-electron chi connectivity index (χ1n) is 8.82. The van der Waals surface area contributed by atoms with E-state index in [-0.39, 0.29) is 23.8 Å². The lowest BCUT2D eigenvalue weighted by Crippen LogP contribution is -2.47. The molecule has 0 saturated carbocycles. The van der Waals surface area contributed by atoms with Gasteiger partial charge in [-0.15, -0.1) is 10.2 Å². The summed E-state index contributed by atoms with van der Waals surface area (Å²) in [6.07, 6.45) is 0.0790. The van der Waals surface area contributed by atoms with Gasteiger partial charge in [0.1, 0.15) is 6.10 Å². The molecule has 2 aliphatic rings. The van der Waals surface area contributed by atoms with Crippen LogP contribution in [0.4, 0.5) is 0 Å². The summed E-state index contributed by atoms with van der Waals surface area (Å²) in [5.74, 6) is 0.420. The summed E-state index contributed by atoms with van der Waals surface area (Å²) in [6.45, 7) is 7.07. The van der Waals surface area contributed by atoms with E-state index in [1.165, 1.54) is 4.80 Å². The van der Waals surface area contributed by atoms with Gasteiger partial charge in [0.2, 0.25) is 17.6 Å². The van der Waals surface area contributed by atoms with Crippen molar-refractivity contribution < 1.29 is 19.1 Å². The first-order valence-corrected chi connectivity index (χ1v) is 8.82. The van der Waals surface area contributed by atoms with Crippen molar-refractivity contribution >= 4 is 11.8 Å². The zero-order valence-electron chi connectivity index (χ0n) is 15.6. The van der Waals surface area contributed by atoms with Crippen molar-refractivity contribution in [2.75, 3.05) is 46.5 Å². The Hall–Kier alpha value is -2.07. The van der Waals surface area contributed by atoms with Crippen LogP contribution in [0.3, 0.4) is 0 Å². The van der Waals surface area contributed by atoms with E-state index in [9.17, 15) is 9.59 Å². The van der Waals surface area contributed by atoms with Crippen LogP contribution in [-0.2, 0) is 25.6 Å². The number of carbonyl (C=O) groups is 2. The van der Waals surface area contributed by atoms with E-state index in [4.69, 9.17) is 9.47 Å². The Morgan fingerprint density at radius 1 is 1.42 bits per heavy atom. The number of likely N-dealkylation sites (tertiary alicyclic amines) is 1. The van der Waals surface area contributed by atoms with Crippen LogP contribution < -0.4 is 0 Å². The van der Waals surface area contributed by atoms with Gasteiger partial charge in [-0.25, -0.2) is 0 Å². The molecule has 3 rings (SSSR count). The van der Waals surface area contributed by atoms with Crippen LogP contribution in [0.5, 0.6) is 0 Å². The van der Waals surface area contributed by atoms with Gasteiger partial charge in [-0.2, -0.15) is 4.80 Å². The molecule has 10 nitrogen and oxygen atoms in total. The molecule has 0 radical (unpaired) electrons. The third-order valence-corrected chi connectivity index (χ3v) is 4.60. The van der Waals surface area contributed by atoms with Crippen LogP contribution in [0.1, 0.15) is 32.2 Å². The molecule has 3 heterocycles. The smallest absolute Gasteiger partial charge is 0.242 e. The van der Waals surface area contributed by atoms with E-state index in [1.54, 1.807) is 16.9 Å². The predicted molar refractivity (Wildman–Crippen MR) is 89.9 cm³/mol. The number of nitrogens with zero attached hydrogens (tertiary/aromatic N) is 6. The second-order valence-electron chi connectivity index (χ2n) is 7.53. The van der Waals surface area contributed by atoms with Crippen molar-refractivity contribution in [1.29, 1.82) is 0 Å². The molecule has 1 aromatic rings. The average molecular weight is 366 g/mol. The number of amides is 2. The Balaban J connectivity index is 1.57. The Bertz CT molecular complexity index is 661. The monoisotopic (exact) mass is 366 g/mol. The number of rotatable bonds is 6. The van der Waals surface area contributed by atoms with Gasteiger partial charge >= 0.3 is 0 Å². The maximum absolute atomic E-state index is 12.6. The Kier molecular flexibility index (Phi) is 5.52. The summed E-state index contributed by atoms with van der Waals surface area (Å²) in [4.78, 5) is 29.5. The highest BCUT2D eigenvalue weighted by atomic mass is 16.5. The summed E-state index contributed by atoms with van der Waals surface area (Å²) in [7, 11) is 1.61. The van der Waals surface area contributed by atoms with Gasteiger partial charge in [0, 0.05) is 26.6 Å². The summed E-state index contributed by atoms with van der Waals surface area (Å²) in [5.41, 5.74) is -0.0739. The van der Waals surface area contributed by atoms with E-state index >= 15 is 0 Å². The normalized spacial score (nSPS) is 22.9. The highest BCUT2D eigenvalue weighted by molar-refractivity contribution is 5.86. The second-order valence-corrected chi connectivity index (χ2v) is 7.53. The van der Waals surface area contributed by atoms with Crippen LogP contribution in [0.25, 0.3) is 0 Å². The number of ether oxygens (including phenoxy) is 2. The maximum atomic E-state index is 12.6. The fraction of sp³-hybridized carbons (Fsp3) is 0.812. The van der Waals surface area contributed by atoms with E-state index < -0.39 is 6.10 Å². The maximum Gasteiger partial charge on any atom is 0.242 e. The standard InChI is InChI=1S/C16H26N6O4/c1-16(2)8-13(23)21(11-16)10-14(24)20-4-7-26-12(9-20)15-17-19-22(18-15)5-6-25-3/h12H,4-11H2,1-3H3/t12-/m1/s1. The fourth-order valence-electron chi connectivity index (χ4n) is 3.27. The molecular weight excluding hydrogens is 340 g/mol. The van der Waals surface area contributed by atoms with Crippen molar-refractivity contribution in [3.05, 3.63) is 5.82 Å². The third kappa shape index (κ3) is 4.36. The lowest BCUT2D eigenvalue weighted by atomic mass is 9.93. The zero-order valence-corrected chi connectivity index (χ0v) is 15.6. The third-order valence-electron chi connectivity index (χ3n) is 4.60. The number of carbonyl (C=O) groups excluding carboxylic acids is 2. The number of morpholine rings is 1. The minimum Gasteiger partial charge on any atom is -0.383 e. The summed E-state index contributed by atoms with van der Waals surface area (Å²) >= 11 is 0. The minimum atomic E-state index is -0.408. The van der Waals surface area contributed by atoms with Crippen LogP contribution in [-0.4, -0.2) is 88.3 Å². The molecule has 1 atom stereocenters. The number of methoxy groups -OCH3 is 1. The molecule has 0 bridgehead atoms. The molecule has 144 valence electrons. The summed E-state index contributed by atoms with van der Waals surface area (Å²) in [6, 6.07) is 0. The number of hydrogen-bond donors (Lipinski definition) is 0. The first kappa shape index (κ1) is 18.7. The quantitative estimate of drug-likeness (QED) is 0.667. The Morgan fingerprint density at radius 3 is 2.92 bits per heavy atom. The molecule has 2 saturated heterocycles. The molecule has 1 aromatic heterocycles. The van der Waals surface area contributed by atoms with Crippen LogP contribution in [0.2, 0.25) is 0 Å². The fourth-order valence-corrected chi connectivity index (χ4v) is 3.27. The van der Waals surface area contributed by atoms with Gasteiger partial charge in [-0.05, 0) is 10.6 Å². The van der Waals surface area contributed by atoms with Gasteiger partial charge in [-0.3, -0.25) is 9.59 Å². The van der Waals surface area contributed by atoms with E-state index in [0.29, 0.717) is 51.6 Å². The minimum absolute atomic E-state index is 0.0379. The van der Waals surface area contributed by atoms with E-state index in [2.05, 4.69) is 15.4 Å². The highest BCUT2D eigenvalue weighted by Gasteiger charge is 2.37. The van der Waals surface area contributed by atoms with Crippen molar-refractivity contribution in [2.24, 2.45) is 5.41 Å². The Labute approximate surface area is 152 Å². The molecule has 0 spiro atoms. The lowest BCUT2D eigenvalue weighted by Gasteiger charge is -2.32. The van der Waals surface area contributed by atoms with Crippen molar-refractivity contribution in [1.82, 2.24) is 30.0 Å². The zero-order chi connectivity index (χ0) is 18.7. The van der Waals surface area contributed by atoms with Crippen LogP contribution >= 0.6 is 0 Å². The molecular formula is C16H26N6O4. The summed E-state index contributed by atoms with van der Waals surface area (Å²) in [5, 5.41) is 12.3. The SMILES string of the molecule is COCCn1nnc([C@H]2CN(C(=O)CN3CC(C)(C)CC3=O)CCO2)n1. The Morgan fingerprint density at radius 2 is 2.23 bits per heavy atom. The van der Waals surface area contributed by atoms with Gasteiger partial charge in [0.25, 0.3) is 0 Å². The lowest BCUT2D eigenvalue weighted by molar-refractivity contribution is -0.144. The highest BCUT2D eigenvalue weighted by Crippen LogP contribution is 2.30. The molecule has 2 amide bonds. The van der Waals surface area contributed by atoms with Crippen LogP contribution in [0, 0.1) is 5.41 Å². The van der Waals surface area contributed by atoms with Gasteiger partial charge in [0.15, 0.2) is 0 Å². The van der Waals surface area contributed by atoms with Gasteiger partial charge < -0.3 is 19.3 Å². The molecule has 26 heavy (non-hydrogen) atoms. The van der Waals surface area contributed by atoms with E-state index in [0.717, 1.165) is 0 Å². The molecule has 10 heteroatoms. The van der Waals surface area contributed by atoms with Crippen molar-refractivity contribution in [2.45, 2.75) is 32.9 Å². The van der Waals surface area contributed by atoms with Gasteiger partial charge in [0.05, 0.1) is 32.8 Å². The van der Waals surface area contributed by atoms with Crippen molar-refractivity contribution in [3.63, 3.8) is 0 Å². The molecule has 2 aliphatic heterocycles. The molecule has 0 aliphatic carbocycles. The molecule has 0 unspecified atom stereocenters. The predicted octanol–water partition coefficient (Wildman–Crippen LogP) is -0.522. The largest absolute Gasteiger partial charge is 0.383 e. The second kappa shape index (κ2) is 7.67. The van der Waals surface area contributed by atoms with Crippen LogP contribution in [0.15, 0.2) is 0 Å². The van der Waals surface area contributed by atoms with Crippen molar-refractivity contribution in [3.8, 4) is 0 Å². The number of aromatic nitrogens is 4. The average Bonchev–Trinajstić information content (AvgIpc) is 3.17. The van der Waals surface area contributed by atoms with E-state index in [1.807, 2.05) is 13.8 Å². The first-order chi connectivity index (χ1) is 12.4. The number of hydrogen-bond acceptors (Lipinski definition) is 7. The number of tetrazole rings is 1. The molecule has 0 N–H and O–H groups in total. The molecule has 2 fully saturated rings. The molecule has 0 aromatic carbocycles.